The summed E-state index contributed by atoms with van der Waals surface area (Å²) in [5.74, 6) is -3.66. The molecule has 3 atom stereocenters. The lowest BCUT2D eigenvalue weighted by Crippen LogP contribution is -2.45. The van der Waals surface area contributed by atoms with Crippen molar-refractivity contribution in [2.75, 3.05) is 38.1 Å². The largest absolute Gasteiger partial charge is 0.487 e. The van der Waals surface area contributed by atoms with E-state index in [9.17, 15) is 14.7 Å². The monoisotopic (exact) mass is 569 g/mol. The van der Waals surface area contributed by atoms with Crippen molar-refractivity contribution in [3.8, 4) is 11.4 Å². The number of aromatic carboxylic acids is 1. The number of rotatable bonds is 5. The summed E-state index contributed by atoms with van der Waals surface area (Å²) < 4.78 is 54.4. The molecule has 1 aliphatic heterocycles. The number of nitrogens with zero attached hydrogens (tertiary/aromatic N) is 3. The number of carbonyl (C=O) groups is 1. The molecule has 0 amide bonds. The second-order valence-electron chi connectivity index (χ2n) is 12.6. The summed E-state index contributed by atoms with van der Waals surface area (Å²) in [6, 6.07) is 4.94. The van der Waals surface area contributed by atoms with E-state index in [4.69, 9.17) is 4.74 Å². The Hall–Kier alpha value is -3.53. The minimum atomic E-state index is -1.55. The molecule has 1 N–H and O–H groups in total. The van der Waals surface area contributed by atoms with Crippen molar-refractivity contribution >= 4 is 22.6 Å². The van der Waals surface area contributed by atoms with E-state index in [1.807, 2.05) is 11.9 Å². The fourth-order valence-corrected chi connectivity index (χ4v) is 7.28. The molecule has 6 rings (SSSR count). The van der Waals surface area contributed by atoms with Crippen molar-refractivity contribution in [2.24, 2.45) is 16.7 Å². The number of likely N-dealkylation sites (N-methyl/N-ethyl adjacent to an activating group) is 1. The zero-order chi connectivity index (χ0) is 29.4. The summed E-state index contributed by atoms with van der Waals surface area (Å²) in [6.07, 6.45) is 3.77. The van der Waals surface area contributed by atoms with Crippen molar-refractivity contribution < 1.29 is 27.8 Å². The van der Waals surface area contributed by atoms with E-state index in [-0.39, 0.29) is 39.6 Å². The molecule has 2 aliphatic carbocycles. The van der Waals surface area contributed by atoms with Crippen LogP contribution in [0.3, 0.4) is 0 Å². The number of anilines is 1. The van der Waals surface area contributed by atoms with Gasteiger partial charge in [0.25, 0.3) is 0 Å². The lowest BCUT2D eigenvalue weighted by molar-refractivity contribution is 0.0278. The van der Waals surface area contributed by atoms with E-state index >= 15 is 13.2 Å². The molecule has 2 saturated carbocycles. The van der Waals surface area contributed by atoms with Crippen LogP contribution in [0.1, 0.15) is 50.4 Å². The highest BCUT2D eigenvalue weighted by Gasteiger charge is 2.62. The van der Waals surface area contributed by atoms with Gasteiger partial charge in [-0.15, -0.1) is 0 Å². The minimum absolute atomic E-state index is 0.0526. The first-order chi connectivity index (χ1) is 19.3. The van der Waals surface area contributed by atoms with E-state index < -0.39 is 39.8 Å². The molecular weight excluding hydrogens is 535 g/mol. The van der Waals surface area contributed by atoms with Crippen molar-refractivity contribution in [1.82, 2.24) is 9.47 Å². The van der Waals surface area contributed by atoms with Crippen molar-refractivity contribution in [2.45, 2.75) is 46.1 Å². The number of aromatic nitrogens is 1. The molecule has 2 aromatic carbocycles. The Morgan fingerprint density at radius 2 is 1.76 bits per heavy atom. The van der Waals surface area contributed by atoms with Gasteiger partial charge in [0.2, 0.25) is 5.43 Å². The number of halogens is 3. The molecule has 218 valence electrons. The van der Waals surface area contributed by atoms with Crippen LogP contribution in [0, 0.1) is 34.2 Å². The fraction of sp³-hybridized carbons (Fsp3) is 0.484. The molecule has 2 heterocycles. The molecule has 3 fully saturated rings. The molecule has 1 aromatic heterocycles. The molecule has 3 aliphatic rings. The number of hydrogen-bond acceptors (Lipinski definition) is 5. The van der Waals surface area contributed by atoms with Gasteiger partial charge in [0.15, 0.2) is 17.4 Å². The van der Waals surface area contributed by atoms with Crippen molar-refractivity contribution in [1.29, 1.82) is 0 Å². The number of carboxylic acid groups (broad SMARTS) is 1. The summed E-state index contributed by atoms with van der Waals surface area (Å²) in [4.78, 5) is 28.5. The summed E-state index contributed by atoms with van der Waals surface area (Å²) >= 11 is 0. The molecule has 3 aromatic rings. The highest BCUT2D eigenvalue weighted by atomic mass is 19.1. The van der Waals surface area contributed by atoms with Gasteiger partial charge in [0, 0.05) is 49.5 Å². The third-order valence-electron chi connectivity index (χ3n) is 10.4. The predicted molar refractivity (Wildman–Crippen MR) is 150 cm³/mol. The van der Waals surface area contributed by atoms with Gasteiger partial charge in [-0.3, -0.25) is 4.79 Å². The molecule has 7 nitrogen and oxygen atoms in total. The molecule has 0 unspecified atom stereocenters. The average molecular weight is 570 g/mol. The molecule has 1 saturated heterocycles. The highest BCUT2D eigenvalue weighted by molar-refractivity contribution is 5.94. The van der Waals surface area contributed by atoms with E-state index in [0.717, 1.165) is 42.2 Å². The van der Waals surface area contributed by atoms with E-state index in [1.54, 1.807) is 4.90 Å². The third-order valence-corrected chi connectivity index (χ3v) is 10.4. The van der Waals surface area contributed by atoms with Crippen LogP contribution >= 0.6 is 0 Å². The van der Waals surface area contributed by atoms with Gasteiger partial charge < -0.3 is 24.2 Å². The van der Waals surface area contributed by atoms with Crippen LogP contribution in [0.5, 0.6) is 5.75 Å². The zero-order valence-corrected chi connectivity index (χ0v) is 23.6. The second kappa shape index (κ2) is 9.51. The van der Waals surface area contributed by atoms with E-state index in [0.29, 0.717) is 32.1 Å². The number of pyridine rings is 1. The van der Waals surface area contributed by atoms with Gasteiger partial charge in [-0.25, -0.2) is 18.0 Å². The lowest BCUT2D eigenvalue weighted by Gasteiger charge is -2.38. The summed E-state index contributed by atoms with van der Waals surface area (Å²) in [5, 5.41) is 9.25. The second-order valence-corrected chi connectivity index (χ2v) is 12.6. The van der Waals surface area contributed by atoms with Crippen LogP contribution in [0.2, 0.25) is 0 Å². The number of ether oxygens (including phenoxy) is 1. The average Bonchev–Trinajstić information content (AvgIpc) is 3.25. The van der Waals surface area contributed by atoms with Gasteiger partial charge in [0.1, 0.15) is 23.2 Å². The Labute approximate surface area is 236 Å². The first-order valence-electron chi connectivity index (χ1n) is 14.0. The fourth-order valence-electron chi connectivity index (χ4n) is 7.28. The maximum Gasteiger partial charge on any atom is 0.341 e. The molecule has 0 radical (unpaired) electrons. The number of hydrogen-bond donors (Lipinski definition) is 1. The zero-order valence-electron chi connectivity index (χ0n) is 23.6. The first-order valence-corrected chi connectivity index (χ1v) is 14.0. The molecule has 10 heteroatoms. The standard InChI is InChI=1S/C31H34F3N3O4/c1-30(2)17-7-8-31(30,3)24(13-17)41-23-6-5-18(14-21(23)32)37-16-20(29(39)40)28(38)19-15-22(33)27(25(34)26(19)37)36-11-9-35(4)10-12-36/h5-6,14-17,24H,7-13H2,1-4H3,(H,39,40)/t17-,24+,31+/m0/s1. The maximum atomic E-state index is 16.2. The SMILES string of the molecule is CN1CCN(c2c(F)cc3c(=O)c(C(=O)O)cn(-c4ccc(O[C@@H]5C[C@@H]6CC[C@@]5(C)C6(C)C)c(F)c4)c3c2F)CC1. The van der Waals surface area contributed by atoms with Gasteiger partial charge in [-0.2, -0.15) is 0 Å². The topological polar surface area (TPSA) is 75.0 Å². The predicted octanol–water partition coefficient (Wildman–Crippen LogP) is 5.45. The highest BCUT2D eigenvalue weighted by Crippen LogP contribution is 2.66. The number of piperazine rings is 1. The summed E-state index contributed by atoms with van der Waals surface area (Å²) in [5.41, 5.74) is -2.25. The van der Waals surface area contributed by atoms with E-state index in [2.05, 4.69) is 20.8 Å². The normalized spacial score (nSPS) is 25.7. The van der Waals surface area contributed by atoms with Gasteiger partial charge in [-0.05, 0) is 55.8 Å². The number of benzene rings is 2. The molecular formula is C31H34F3N3O4. The molecule has 41 heavy (non-hydrogen) atoms. The summed E-state index contributed by atoms with van der Waals surface area (Å²) in [7, 11) is 1.91. The Bertz CT molecular complexity index is 1630. The van der Waals surface area contributed by atoms with Gasteiger partial charge in [-0.1, -0.05) is 20.8 Å². The third kappa shape index (κ3) is 4.13. The number of carboxylic acids is 1. The van der Waals surface area contributed by atoms with Crippen LogP contribution in [0.15, 0.2) is 35.3 Å². The Morgan fingerprint density at radius 1 is 1.05 bits per heavy atom. The minimum Gasteiger partial charge on any atom is -0.487 e. The Morgan fingerprint density at radius 3 is 2.34 bits per heavy atom. The van der Waals surface area contributed by atoms with E-state index in [1.165, 1.54) is 12.1 Å². The van der Waals surface area contributed by atoms with Crippen LogP contribution in [0.25, 0.3) is 16.6 Å². The van der Waals surface area contributed by atoms with Gasteiger partial charge >= 0.3 is 5.97 Å². The van der Waals surface area contributed by atoms with Gasteiger partial charge in [0.05, 0.1) is 10.9 Å². The molecule has 2 bridgehead atoms. The van der Waals surface area contributed by atoms with Crippen LogP contribution in [-0.4, -0.2) is 59.9 Å². The first kappa shape index (κ1) is 27.6. The maximum absolute atomic E-state index is 16.2. The number of fused-ring (bicyclic) bond motifs is 3. The Balaban J connectivity index is 1.45. The Kier molecular flexibility index (Phi) is 6.41. The smallest absolute Gasteiger partial charge is 0.341 e. The van der Waals surface area contributed by atoms with Crippen LogP contribution in [0.4, 0.5) is 18.9 Å². The van der Waals surface area contributed by atoms with Crippen molar-refractivity contribution in [3.63, 3.8) is 0 Å². The van der Waals surface area contributed by atoms with Crippen LogP contribution < -0.4 is 15.1 Å². The summed E-state index contributed by atoms with van der Waals surface area (Å²) in [6.45, 7) is 8.58. The quantitative estimate of drug-likeness (QED) is 0.441. The van der Waals surface area contributed by atoms with Crippen molar-refractivity contribution in [3.05, 3.63) is 63.7 Å². The van der Waals surface area contributed by atoms with Crippen LogP contribution in [-0.2, 0) is 0 Å². The lowest BCUT2D eigenvalue weighted by atomic mass is 9.70. The molecule has 0 spiro atoms.